The lowest BCUT2D eigenvalue weighted by Crippen LogP contribution is -2.19. The Morgan fingerprint density at radius 3 is 1.93 bits per heavy atom. The molecule has 0 amide bonds. The Morgan fingerprint density at radius 2 is 1.53 bits per heavy atom. The zero-order valence-electron chi connectivity index (χ0n) is 10.4. The first kappa shape index (κ1) is 12.3. The first-order chi connectivity index (χ1) is 7.19. The number of nitrogens with one attached hydrogen (secondary N) is 1. The Kier molecular flexibility index (Phi) is 4.83. The van der Waals surface area contributed by atoms with Gasteiger partial charge in [-0.3, -0.25) is 0 Å². The maximum atomic E-state index is 3.50. The van der Waals surface area contributed by atoms with Gasteiger partial charge in [0.15, 0.2) is 0 Å². The first-order valence-electron chi connectivity index (χ1n) is 6.02. The molecule has 0 saturated heterocycles. The van der Waals surface area contributed by atoms with Gasteiger partial charge in [0, 0.05) is 6.04 Å². The zero-order valence-corrected chi connectivity index (χ0v) is 10.4. The second-order valence-electron chi connectivity index (χ2n) is 4.34. The minimum Gasteiger partial charge on any atom is -0.310 e. The van der Waals surface area contributed by atoms with E-state index in [1.165, 1.54) is 11.1 Å². The quantitative estimate of drug-likeness (QED) is 0.769. The van der Waals surface area contributed by atoms with E-state index in [0.29, 0.717) is 12.0 Å². The van der Waals surface area contributed by atoms with Crippen molar-refractivity contribution in [2.45, 2.75) is 46.1 Å². The molecule has 1 aromatic carbocycles. The third-order valence-electron chi connectivity index (χ3n) is 2.86. The van der Waals surface area contributed by atoms with Crippen molar-refractivity contribution < 1.29 is 0 Å². The molecule has 0 bridgehead atoms. The Labute approximate surface area is 93.9 Å². The van der Waals surface area contributed by atoms with Crippen LogP contribution in [0.5, 0.6) is 0 Å². The van der Waals surface area contributed by atoms with Crippen LogP contribution in [0.15, 0.2) is 24.3 Å². The van der Waals surface area contributed by atoms with Gasteiger partial charge >= 0.3 is 0 Å². The van der Waals surface area contributed by atoms with E-state index < -0.39 is 0 Å². The predicted molar refractivity (Wildman–Crippen MR) is 67.2 cm³/mol. The fraction of sp³-hybridized carbons (Fsp3) is 0.571. The van der Waals surface area contributed by atoms with Gasteiger partial charge in [-0.05, 0) is 30.0 Å². The van der Waals surface area contributed by atoms with E-state index in [1.54, 1.807) is 0 Å². The number of benzene rings is 1. The van der Waals surface area contributed by atoms with Crippen molar-refractivity contribution in [2.75, 3.05) is 6.54 Å². The van der Waals surface area contributed by atoms with E-state index >= 15 is 0 Å². The van der Waals surface area contributed by atoms with Gasteiger partial charge in [0.2, 0.25) is 0 Å². The third kappa shape index (κ3) is 3.35. The summed E-state index contributed by atoms with van der Waals surface area (Å²) in [5, 5.41) is 3.50. The fourth-order valence-corrected chi connectivity index (χ4v) is 1.86. The van der Waals surface area contributed by atoms with E-state index in [2.05, 4.69) is 57.3 Å². The van der Waals surface area contributed by atoms with Crippen LogP contribution in [0.4, 0.5) is 0 Å². The van der Waals surface area contributed by atoms with Gasteiger partial charge in [0.25, 0.3) is 0 Å². The maximum absolute atomic E-state index is 3.50. The van der Waals surface area contributed by atoms with Crippen LogP contribution in [0, 0.1) is 0 Å². The van der Waals surface area contributed by atoms with E-state index in [9.17, 15) is 0 Å². The molecule has 15 heavy (non-hydrogen) atoms. The molecule has 1 aromatic rings. The lowest BCUT2D eigenvalue weighted by Gasteiger charge is -2.17. The van der Waals surface area contributed by atoms with Gasteiger partial charge in [0.1, 0.15) is 0 Å². The Morgan fingerprint density at radius 1 is 1.00 bits per heavy atom. The van der Waals surface area contributed by atoms with Crippen LogP contribution in [-0.4, -0.2) is 6.54 Å². The van der Waals surface area contributed by atoms with Gasteiger partial charge in [-0.25, -0.2) is 0 Å². The van der Waals surface area contributed by atoms with Crippen LogP contribution in [-0.2, 0) is 0 Å². The molecule has 1 heteroatoms. The summed E-state index contributed by atoms with van der Waals surface area (Å²) >= 11 is 0. The zero-order chi connectivity index (χ0) is 11.3. The Bertz CT molecular complexity index is 274. The molecule has 0 saturated carbocycles. The second kappa shape index (κ2) is 5.92. The summed E-state index contributed by atoms with van der Waals surface area (Å²) in [5.41, 5.74) is 2.83. The molecular weight excluding hydrogens is 182 g/mol. The highest BCUT2D eigenvalue weighted by molar-refractivity contribution is 5.26. The average Bonchev–Trinajstić information content (AvgIpc) is 2.26. The second-order valence-corrected chi connectivity index (χ2v) is 4.34. The van der Waals surface area contributed by atoms with E-state index in [-0.39, 0.29) is 0 Å². The molecule has 0 spiro atoms. The normalized spacial score (nSPS) is 13.1. The highest BCUT2D eigenvalue weighted by Crippen LogP contribution is 2.20. The Hall–Kier alpha value is -0.820. The summed E-state index contributed by atoms with van der Waals surface area (Å²) < 4.78 is 0. The molecule has 0 fully saturated rings. The monoisotopic (exact) mass is 205 g/mol. The molecule has 0 aliphatic heterocycles. The maximum Gasteiger partial charge on any atom is 0.0317 e. The SMILES string of the molecule is CCNC(CC)c1ccc(C(C)C)cc1. The topological polar surface area (TPSA) is 12.0 Å². The number of hydrogen-bond donors (Lipinski definition) is 1. The van der Waals surface area contributed by atoms with Crippen molar-refractivity contribution in [3.63, 3.8) is 0 Å². The summed E-state index contributed by atoms with van der Waals surface area (Å²) in [6.07, 6.45) is 1.15. The summed E-state index contributed by atoms with van der Waals surface area (Å²) in [6.45, 7) is 9.88. The molecule has 1 N–H and O–H groups in total. The molecular formula is C14H23N. The largest absolute Gasteiger partial charge is 0.310 e. The highest BCUT2D eigenvalue weighted by atomic mass is 14.9. The van der Waals surface area contributed by atoms with Crippen LogP contribution < -0.4 is 5.32 Å². The highest BCUT2D eigenvalue weighted by Gasteiger charge is 2.07. The molecule has 1 unspecified atom stereocenters. The minimum absolute atomic E-state index is 0.510. The molecule has 1 rings (SSSR count). The lowest BCUT2D eigenvalue weighted by molar-refractivity contribution is 0.537. The standard InChI is InChI=1S/C14H23N/c1-5-14(15-6-2)13-9-7-12(8-10-13)11(3)4/h7-11,14-15H,5-6H2,1-4H3. The van der Waals surface area contributed by atoms with Crippen molar-refractivity contribution >= 4 is 0 Å². The molecule has 0 aliphatic carbocycles. The first-order valence-corrected chi connectivity index (χ1v) is 6.02. The summed E-state index contributed by atoms with van der Waals surface area (Å²) in [5.74, 6) is 0.623. The van der Waals surface area contributed by atoms with Crippen LogP contribution in [0.3, 0.4) is 0 Å². The van der Waals surface area contributed by atoms with Gasteiger partial charge < -0.3 is 5.32 Å². The molecule has 0 aromatic heterocycles. The van der Waals surface area contributed by atoms with Crippen molar-refractivity contribution in [2.24, 2.45) is 0 Å². The van der Waals surface area contributed by atoms with Gasteiger partial charge in [-0.15, -0.1) is 0 Å². The summed E-state index contributed by atoms with van der Waals surface area (Å²) in [7, 11) is 0. The van der Waals surface area contributed by atoms with E-state index in [1.807, 2.05) is 0 Å². The smallest absolute Gasteiger partial charge is 0.0317 e. The summed E-state index contributed by atoms with van der Waals surface area (Å²) in [4.78, 5) is 0. The summed E-state index contributed by atoms with van der Waals surface area (Å²) in [6, 6.07) is 9.52. The molecule has 1 atom stereocenters. The molecule has 84 valence electrons. The number of rotatable bonds is 5. The van der Waals surface area contributed by atoms with Gasteiger partial charge in [-0.2, -0.15) is 0 Å². The van der Waals surface area contributed by atoms with E-state index in [0.717, 1.165) is 13.0 Å². The lowest BCUT2D eigenvalue weighted by atomic mass is 9.98. The molecule has 0 radical (unpaired) electrons. The van der Waals surface area contributed by atoms with Crippen molar-refractivity contribution in [1.82, 2.24) is 5.32 Å². The van der Waals surface area contributed by atoms with Crippen molar-refractivity contribution in [3.05, 3.63) is 35.4 Å². The van der Waals surface area contributed by atoms with Gasteiger partial charge in [0.05, 0.1) is 0 Å². The van der Waals surface area contributed by atoms with Crippen LogP contribution in [0.1, 0.15) is 57.2 Å². The third-order valence-corrected chi connectivity index (χ3v) is 2.86. The van der Waals surface area contributed by atoms with Gasteiger partial charge in [-0.1, -0.05) is 52.0 Å². The van der Waals surface area contributed by atoms with Crippen LogP contribution in [0.25, 0.3) is 0 Å². The molecule has 0 heterocycles. The Balaban J connectivity index is 2.77. The molecule has 0 aliphatic rings. The fourth-order valence-electron chi connectivity index (χ4n) is 1.86. The van der Waals surface area contributed by atoms with Crippen molar-refractivity contribution in [1.29, 1.82) is 0 Å². The minimum atomic E-state index is 0.510. The molecule has 1 nitrogen and oxygen atoms in total. The average molecular weight is 205 g/mol. The number of hydrogen-bond acceptors (Lipinski definition) is 1. The van der Waals surface area contributed by atoms with Crippen LogP contribution >= 0.6 is 0 Å². The van der Waals surface area contributed by atoms with E-state index in [4.69, 9.17) is 0 Å². The predicted octanol–water partition coefficient (Wildman–Crippen LogP) is 3.87. The van der Waals surface area contributed by atoms with Crippen molar-refractivity contribution in [3.8, 4) is 0 Å². The van der Waals surface area contributed by atoms with Crippen LogP contribution in [0.2, 0.25) is 0 Å².